The molecule has 0 aliphatic carbocycles. The van der Waals surface area contributed by atoms with Gasteiger partial charge in [0.2, 0.25) is 0 Å². The quantitative estimate of drug-likeness (QED) is 0.780. The number of hydrogen-bond acceptors (Lipinski definition) is 5. The van der Waals surface area contributed by atoms with E-state index in [1.54, 1.807) is 24.8 Å². The van der Waals surface area contributed by atoms with Crippen LogP contribution in [0.3, 0.4) is 0 Å². The molecule has 0 bridgehead atoms. The summed E-state index contributed by atoms with van der Waals surface area (Å²) in [4.78, 5) is 9.48. The summed E-state index contributed by atoms with van der Waals surface area (Å²) >= 11 is 1.60. The molecule has 3 aromatic rings. The van der Waals surface area contributed by atoms with Crippen LogP contribution < -0.4 is 10.1 Å². The lowest BCUT2D eigenvalue weighted by atomic mass is 10.3. The van der Waals surface area contributed by atoms with Crippen molar-refractivity contribution in [2.45, 2.75) is 0 Å². The molecule has 0 radical (unpaired) electrons. The van der Waals surface area contributed by atoms with E-state index in [1.807, 2.05) is 35.7 Å². The predicted octanol–water partition coefficient (Wildman–Crippen LogP) is 3.44. The number of ether oxygens (including phenoxy) is 1. The van der Waals surface area contributed by atoms with Crippen LogP contribution in [0, 0.1) is 0 Å². The Morgan fingerprint density at radius 3 is 2.94 bits per heavy atom. The summed E-state index contributed by atoms with van der Waals surface area (Å²) in [5.41, 5.74) is 0.895. The normalized spacial score (nSPS) is 10.5. The summed E-state index contributed by atoms with van der Waals surface area (Å²) in [5.74, 6) is 1.59. The summed E-state index contributed by atoms with van der Waals surface area (Å²) < 4.78 is 5.31. The Morgan fingerprint density at radius 1 is 1.17 bits per heavy atom. The van der Waals surface area contributed by atoms with E-state index < -0.39 is 0 Å². The van der Waals surface area contributed by atoms with E-state index in [4.69, 9.17) is 4.74 Å². The first-order chi connectivity index (χ1) is 8.88. The second-order valence-corrected chi connectivity index (χ2v) is 4.58. The molecule has 0 saturated heterocycles. The van der Waals surface area contributed by atoms with Gasteiger partial charge in [-0.15, -0.1) is 11.3 Å². The monoisotopic (exact) mass is 257 g/mol. The van der Waals surface area contributed by atoms with E-state index in [0.29, 0.717) is 0 Å². The third kappa shape index (κ3) is 1.89. The Bertz CT molecular complexity index is 681. The van der Waals surface area contributed by atoms with Crippen molar-refractivity contribution >= 4 is 33.1 Å². The molecule has 0 aliphatic heterocycles. The van der Waals surface area contributed by atoms with E-state index in [-0.39, 0.29) is 0 Å². The summed E-state index contributed by atoms with van der Waals surface area (Å²) in [5, 5.41) is 6.31. The van der Waals surface area contributed by atoms with Gasteiger partial charge in [-0.05, 0) is 23.6 Å². The molecule has 0 unspecified atom stereocenters. The zero-order valence-corrected chi connectivity index (χ0v) is 10.6. The van der Waals surface area contributed by atoms with Gasteiger partial charge in [0.15, 0.2) is 0 Å². The van der Waals surface area contributed by atoms with Gasteiger partial charge < -0.3 is 10.1 Å². The maximum Gasteiger partial charge on any atom is 0.142 e. The van der Waals surface area contributed by atoms with Gasteiger partial charge in [0, 0.05) is 0 Å². The molecule has 2 heterocycles. The fraction of sp³-hybridized carbons (Fsp3) is 0.0769. The van der Waals surface area contributed by atoms with Gasteiger partial charge >= 0.3 is 0 Å². The highest BCUT2D eigenvalue weighted by Crippen LogP contribution is 2.30. The standard InChI is InChI=1S/C13H11N3OS/c1-17-11-5-3-2-4-10(11)16-12-9-6-7-18-13(9)15-8-14-12/h2-8H,1H3,(H,14,15,16). The summed E-state index contributed by atoms with van der Waals surface area (Å²) in [6.07, 6.45) is 1.57. The van der Waals surface area contributed by atoms with Crippen LogP contribution in [-0.2, 0) is 0 Å². The van der Waals surface area contributed by atoms with Gasteiger partial charge in [0.25, 0.3) is 0 Å². The molecule has 90 valence electrons. The molecule has 0 spiro atoms. The van der Waals surface area contributed by atoms with Crippen molar-refractivity contribution in [2.75, 3.05) is 12.4 Å². The molecule has 2 aromatic heterocycles. The third-order valence-electron chi connectivity index (χ3n) is 2.62. The van der Waals surface area contributed by atoms with Crippen LogP contribution in [0.4, 0.5) is 11.5 Å². The lowest BCUT2D eigenvalue weighted by Crippen LogP contribution is -1.97. The molecular formula is C13H11N3OS. The van der Waals surface area contributed by atoms with Gasteiger partial charge in [0.05, 0.1) is 18.2 Å². The Hall–Kier alpha value is -2.14. The molecule has 18 heavy (non-hydrogen) atoms. The average molecular weight is 257 g/mol. The van der Waals surface area contributed by atoms with Crippen molar-refractivity contribution in [3.8, 4) is 5.75 Å². The SMILES string of the molecule is COc1ccccc1Nc1ncnc2sccc12. The third-order valence-corrected chi connectivity index (χ3v) is 3.44. The van der Waals surface area contributed by atoms with Crippen LogP contribution in [0.2, 0.25) is 0 Å². The fourth-order valence-electron chi connectivity index (χ4n) is 1.77. The predicted molar refractivity (Wildman–Crippen MR) is 73.7 cm³/mol. The number of thiophene rings is 1. The molecule has 0 atom stereocenters. The zero-order chi connectivity index (χ0) is 12.4. The minimum absolute atomic E-state index is 0.791. The van der Waals surface area contributed by atoms with E-state index in [0.717, 1.165) is 27.5 Å². The minimum Gasteiger partial charge on any atom is -0.495 e. The molecule has 0 fully saturated rings. The number of methoxy groups -OCH3 is 1. The second-order valence-electron chi connectivity index (χ2n) is 3.69. The lowest BCUT2D eigenvalue weighted by Gasteiger charge is -2.10. The van der Waals surface area contributed by atoms with Crippen LogP contribution in [0.1, 0.15) is 0 Å². The van der Waals surface area contributed by atoms with Gasteiger partial charge in [-0.2, -0.15) is 0 Å². The number of rotatable bonds is 3. The highest BCUT2D eigenvalue weighted by Gasteiger charge is 2.07. The molecule has 1 N–H and O–H groups in total. The van der Waals surface area contributed by atoms with Crippen molar-refractivity contribution < 1.29 is 4.74 Å². The molecular weight excluding hydrogens is 246 g/mol. The molecule has 0 aliphatic rings. The first kappa shape index (κ1) is 11.0. The summed E-state index contributed by atoms with van der Waals surface area (Å²) in [6.45, 7) is 0. The Kier molecular flexibility index (Phi) is 2.82. The first-order valence-electron chi connectivity index (χ1n) is 5.47. The van der Waals surface area contributed by atoms with Gasteiger partial charge in [-0.3, -0.25) is 0 Å². The average Bonchev–Trinajstić information content (AvgIpc) is 2.89. The van der Waals surface area contributed by atoms with Gasteiger partial charge in [-0.25, -0.2) is 9.97 Å². The van der Waals surface area contributed by atoms with Crippen molar-refractivity contribution in [1.82, 2.24) is 9.97 Å². The fourth-order valence-corrected chi connectivity index (χ4v) is 2.50. The number of nitrogens with zero attached hydrogens (tertiary/aromatic N) is 2. The highest BCUT2D eigenvalue weighted by molar-refractivity contribution is 7.16. The topological polar surface area (TPSA) is 47.0 Å². The zero-order valence-electron chi connectivity index (χ0n) is 9.75. The van der Waals surface area contributed by atoms with Crippen LogP contribution in [-0.4, -0.2) is 17.1 Å². The molecule has 0 amide bonds. The number of para-hydroxylation sites is 2. The number of hydrogen-bond donors (Lipinski definition) is 1. The molecule has 0 saturated carbocycles. The lowest BCUT2D eigenvalue weighted by molar-refractivity contribution is 0.417. The summed E-state index contributed by atoms with van der Waals surface area (Å²) in [6, 6.07) is 9.77. The first-order valence-corrected chi connectivity index (χ1v) is 6.34. The van der Waals surface area contributed by atoms with Gasteiger partial charge in [0.1, 0.15) is 22.7 Å². The van der Waals surface area contributed by atoms with E-state index in [2.05, 4.69) is 15.3 Å². The second kappa shape index (κ2) is 4.62. The highest BCUT2D eigenvalue weighted by atomic mass is 32.1. The van der Waals surface area contributed by atoms with Crippen LogP contribution in [0.5, 0.6) is 5.75 Å². The van der Waals surface area contributed by atoms with Crippen molar-refractivity contribution in [3.63, 3.8) is 0 Å². The molecule has 5 heteroatoms. The van der Waals surface area contributed by atoms with Crippen LogP contribution >= 0.6 is 11.3 Å². The minimum atomic E-state index is 0.791. The van der Waals surface area contributed by atoms with E-state index in [9.17, 15) is 0 Å². The summed E-state index contributed by atoms with van der Waals surface area (Å²) in [7, 11) is 1.65. The van der Waals surface area contributed by atoms with E-state index >= 15 is 0 Å². The number of anilines is 2. The van der Waals surface area contributed by atoms with Gasteiger partial charge in [-0.1, -0.05) is 12.1 Å². The molecule has 1 aromatic carbocycles. The maximum atomic E-state index is 5.31. The molecule has 3 rings (SSSR count). The van der Waals surface area contributed by atoms with Crippen LogP contribution in [0.25, 0.3) is 10.2 Å². The number of nitrogens with one attached hydrogen (secondary N) is 1. The Labute approximate surface area is 108 Å². The number of aromatic nitrogens is 2. The smallest absolute Gasteiger partial charge is 0.142 e. The van der Waals surface area contributed by atoms with Crippen molar-refractivity contribution in [2.24, 2.45) is 0 Å². The largest absolute Gasteiger partial charge is 0.495 e. The van der Waals surface area contributed by atoms with Crippen molar-refractivity contribution in [1.29, 1.82) is 0 Å². The number of fused-ring (bicyclic) bond motifs is 1. The van der Waals surface area contributed by atoms with E-state index in [1.165, 1.54) is 0 Å². The molecule has 4 nitrogen and oxygen atoms in total. The Balaban J connectivity index is 2.04. The maximum absolute atomic E-state index is 5.31. The number of benzene rings is 1. The van der Waals surface area contributed by atoms with Crippen molar-refractivity contribution in [3.05, 3.63) is 42.0 Å². The Morgan fingerprint density at radius 2 is 2.06 bits per heavy atom. The van der Waals surface area contributed by atoms with Crippen LogP contribution in [0.15, 0.2) is 42.0 Å².